The number of methoxy groups -OCH3 is 2. The summed E-state index contributed by atoms with van der Waals surface area (Å²) in [7, 11) is 2.60. The molecule has 1 atom stereocenters. The van der Waals surface area contributed by atoms with Crippen LogP contribution in [0.4, 0.5) is 10.5 Å². The lowest BCUT2D eigenvalue weighted by molar-refractivity contribution is -0.118. The number of amides is 3. The van der Waals surface area contributed by atoms with Crippen molar-refractivity contribution < 1.29 is 23.9 Å². The van der Waals surface area contributed by atoms with Crippen LogP contribution in [0.25, 0.3) is 0 Å². The van der Waals surface area contributed by atoms with Gasteiger partial charge in [0.15, 0.2) is 0 Å². The summed E-state index contributed by atoms with van der Waals surface area (Å²) in [6.45, 7) is 1.92. The Kier molecular flexibility index (Phi) is 5.10. The summed E-state index contributed by atoms with van der Waals surface area (Å²) >= 11 is 6.16. The molecule has 0 aromatic heterocycles. The first-order valence-electron chi connectivity index (χ1n) is 7.04. The van der Waals surface area contributed by atoms with Crippen molar-refractivity contribution in [3.63, 3.8) is 0 Å². The van der Waals surface area contributed by atoms with Gasteiger partial charge in [-0.1, -0.05) is 24.9 Å². The zero-order chi connectivity index (χ0) is 17.1. The molecular weight excluding hydrogens is 324 g/mol. The van der Waals surface area contributed by atoms with E-state index in [1.807, 2.05) is 6.92 Å². The van der Waals surface area contributed by atoms with Crippen molar-refractivity contribution in [3.05, 3.63) is 22.7 Å². The van der Waals surface area contributed by atoms with E-state index >= 15 is 0 Å². The Balaban J connectivity index is 2.46. The molecule has 1 fully saturated rings. The first-order chi connectivity index (χ1) is 10.9. The molecule has 2 rings (SSSR count). The second-order valence-corrected chi connectivity index (χ2v) is 5.37. The minimum Gasteiger partial charge on any atom is -0.496 e. The van der Waals surface area contributed by atoms with Crippen LogP contribution >= 0.6 is 11.6 Å². The summed E-state index contributed by atoms with van der Waals surface area (Å²) in [4.78, 5) is 37.2. The molecular formula is C15H17ClN2O5. The molecule has 1 aliphatic rings. The molecule has 0 radical (unpaired) electrons. The van der Waals surface area contributed by atoms with Crippen LogP contribution < -0.4 is 15.0 Å². The number of anilines is 1. The Morgan fingerprint density at radius 2 is 2.04 bits per heavy atom. The number of nitrogens with one attached hydrogen (secondary N) is 1. The van der Waals surface area contributed by atoms with Crippen LogP contribution in [-0.2, 0) is 9.53 Å². The number of benzene rings is 1. The van der Waals surface area contributed by atoms with Gasteiger partial charge in [-0.2, -0.15) is 0 Å². The van der Waals surface area contributed by atoms with E-state index in [2.05, 4.69) is 10.1 Å². The molecule has 0 spiro atoms. The third kappa shape index (κ3) is 3.10. The number of hydrogen-bond acceptors (Lipinski definition) is 5. The molecule has 1 N–H and O–H groups in total. The Bertz CT molecular complexity index is 662. The van der Waals surface area contributed by atoms with Gasteiger partial charge in [0, 0.05) is 6.07 Å². The van der Waals surface area contributed by atoms with Crippen LogP contribution in [0.3, 0.4) is 0 Å². The molecule has 0 bridgehead atoms. The highest BCUT2D eigenvalue weighted by atomic mass is 35.5. The van der Waals surface area contributed by atoms with E-state index in [1.54, 1.807) is 0 Å². The lowest BCUT2D eigenvalue weighted by Gasteiger charge is -2.17. The average Bonchev–Trinajstić information content (AvgIpc) is 2.81. The number of ether oxygens (including phenoxy) is 2. The van der Waals surface area contributed by atoms with Crippen molar-refractivity contribution in [2.24, 2.45) is 0 Å². The van der Waals surface area contributed by atoms with Gasteiger partial charge in [0.1, 0.15) is 17.4 Å². The van der Waals surface area contributed by atoms with Crippen LogP contribution in [-0.4, -0.2) is 38.2 Å². The largest absolute Gasteiger partial charge is 0.496 e. The molecule has 1 heterocycles. The minimum atomic E-state index is -0.628. The van der Waals surface area contributed by atoms with E-state index in [9.17, 15) is 14.4 Å². The SMILES string of the molecule is CCCC1NC(=O)N(c2cc(OC)c(C(=O)OC)cc2Cl)C1=O. The molecule has 8 heteroatoms. The van der Waals surface area contributed by atoms with Crippen molar-refractivity contribution >= 4 is 35.2 Å². The lowest BCUT2D eigenvalue weighted by atomic mass is 10.1. The lowest BCUT2D eigenvalue weighted by Crippen LogP contribution is -2.31. The van der Waals surface area contributed by atoms with E-state index in [1.165, 1.54) is 26.4 Å². The predicted molar refractivity (Wildman–Crippen MR) is 84.1 cm³/mol. The first kappa shape index (κ1) is 17.1. The summed E-state index contributed by atoms with van der Waals surface area (Å²) in [5.74, 6) is -0.848. The monoisotopic (exact) mass is 340 g/mol. The highest BCUT2D eigenvalue weighted by Gasteiger charge is 2.39. The van der Waals surface area contributed by atoms with Crippen LogP contribution in [0.2, 0.25) is 5.02 Å². The molecule has 7 nitrogen and oxygen atoms in total. The molecule has 1 aromatic rings. The maximum absolute atomic E-state index is 12.4. The molecule has 124 valence electrons. The van der Waals surface area contributed by atoms with Gasteiger partial charge < -0.3 is 14.8 Å². The summed E-state index contributed by atoms with van der Waals surface area (Å²) in [6, 6.07) is 1.56. The fraction of sp³-hybridized carbons (Fsp3) is 0.400. The highest BCUT2D eigenvalue weighted by Crippen LogP contribution is 2.35. The molecule has 1 unspecified atom stereocenters. The number of urea groups is 1. The number of esters is 1. The van der Waals surface area contributed by atoms with Crippen molar-refractivity contribution in [1.29, 1.82) is 0 Å². The molecule has 1 aromatic carbocycles. The molecule has 3 amide bonds. The zero-order valence-corrected chi connectivity index (χ0v) is 13.8. The molecule has 23 heavy (non-hydrogen) atoms. The van der Waals surface area contributed by atoms with E-state index in [-0.39, 0.29) is 27.9 Å². The average molecular weight is 341 g/mol. The van der Waals surface area contributed by atoms with E-state index < -0.39 is 18.0 Å². The summed E-state index contributed by atoms with van der Waals surface area (Å²) in [6.07, 6.45) is 1.29. The predicted octanol–water partition coefficient (Wildman–Crippen LogP) is 2.36. The summed E-state index contributed by atoms with van der Waals surface area (Å²) in [5.41, 5.74) is 0.276. The minimum absolute atomic E-state index is 0.0758. The topological polar surface area (TPSA) is 84.9 Å². The van der Waals surface area contributed by atoms with Gasteiger partial charge in [-0.05, 0) is 12.5 Å². The smallest absolute Gasteiger partial charge is 0.341 e. The van der Waals surface area contributed by atoms with Gasteiger partial charge >= 0.3 is 12.0 Å². The third-order valence-corrected chi connectivity index (χ3v) is 3.81. The zero-order valence-electron chi connectivity index (χ0n) is 13.0. The van der Waals surface area contributed by atoms with Crippen molar-refractivity contribution in [3.8, 4) is 5.75 Å². The van der Waals surface area contributed by atoms with Gasteiger partial charge in [-0.25, -0.2) is 14.5 Å². The normalized spacial score (nSPS) is 17.2. The van der Waals surface area contributed by atoms with Gasteiger partial charge in [0.05, 0.1) is 24.9 Å². The Hall–Kier alpha value is -2.28. The maximum Gasteiger partial charge on any atom is 0.341 e. The van der Waals surface area contributed by atoms with Crippen LogP contribution in [0.15, 0.2) is 12.1 Å². The van der Waals surface area contributed by atoms with E-state index in [0.29, 0.717) is 6.42 Å². The van der Waals surface area contributed by atoms with Crippen molar-refractivity contribution in [2.45, 2.75) is 25.8 Å². The molecule has 0 aliphatic carbocycles. The van der Waals surface area contributed by atoms with E-state index in [4.69, 9.17) is 16.3 Å². The Morgan fingerprint density at radius 1 is 1.35 bits per heavy atom. The number of carbonyl (C=O) groups excluding carboxylic acids is 3. The number of hydrogen-bond donors (Lipinski definition) is 1. The van der Waals surface area contributed by atoms with Gasteiger partial charge in [-0.15, -0.1) is 0 Å². The Morgan fingerprint density at radius 3 is 2.61 bits per heavy atom. The first-order valence-corrected chi connectivity index (χ1v) is 7.42. The van der Waals surface area contributed by atoms with Gasteiger partial charge in [0.25, 0.3) is 5.91 Å². The van der Waals surface area contributed by atoms with Gasteiger partial charge in [0.2, 0.25) is 0 Å². The number of halogens is 1. The second kappa shape index (κ2) is 6.87. The molecule has 0 saturated carbocycles. The molecule has 1 saturated heterocycles. The summed E-state index contributed by atoms with van der Waals surface area (Å²) < 4.78 is 9.79. The maximum atomic E-state index is 12.4. The third-order valence-electron chi connectivity index (χ3n) is 3.51. The van der Waals surface area contributed by atoms with Crippen molar-refractivity contribution in [2.75, 3.05) is 19.1 Å². The van der Waals surface area contributed by atoms with Gasteiger partial charge in [-0.3, -0.25) is 4.79 Å². The fourth-order valence-electron chi connectivity index (χ4n) is 2.40. The standard InChI is InChI=1S/C15H17ClN2O5/c1-4-5-10-13(19)18(15(21)17-10)11-7-12(22-2)8(6-9(11)16)14(20)23-3/h6-7,10H,4-5H2,1-3H3,(H,17,21). The number of carbonyl (C=O) groups is 3. The number of rotatable bonds is 5. The van der Waals surface area contributed by atoms with Crippen LogP contribution in [0.1, 0.15) is 30.1 Å². The van der Waals surface area contributed by atoms with Crippen LogP contribution in [0.5, 0.6) is 5.75 Å². The number of nitrogens with zero attached hydrogens (tertiary/aromatic N) is 1. The van der Waals surface area contributed by atoms with Crippen LogP contribution in [0, 0.1) is 0 Å². The molecule has 1 aliphatic heterocycles. The fourth-order valence-corrected chi connectivity index (χ4v) is 2.64. The number of imide groups is 1. The Labute approximate surface area is 138 Å². The second-order valence-electron chi connectivity index (χ2n) is 4.96. The quantitative estimate of drug-likeness (QED) is 0.657. The highest BCUT2D eigenvalue weighted by molar-refractivity contribution is 6.36. The van der Waals surface area contributed by atoms with Crippen molar-refractivity contribution in [1.82, 2.24) is 5.32 Å². The van der Waals surface area contributed by atoms with E-state index in [0.717, 1.165) is 11.3 Å². The summed E-state index contributed by atoms with van der Waals surface area (Å²) in [5, 5.41) is 2.69.